The number of nitrogens with two attached hydrogens (primary N) is 1. The summed E-state index contributed by atoms with van der Waals surface area (Å²) < 4.78 is 26.2. The Morgan fingerprint density at radius 1 is 1.14 bits per heavy atom. The van der Waals surface area contributed by atoms with Crippen molar-refractivity contribution in [2.24, 2.45) is 11.7 Å². The molecule has 0 spiro atoms. The summed E-state index contributed by atoms with van der Waals surface area (Å²) in [5, 5.41) is 8.93. The second kappa shape index (κ2) is 8.63. The molecule has 2 aromatic rings. The average Bonchev–Trinajstić information content (AvgIpc) is 2.68. The van der Waals surface area contributed by atoms with Crippen LogP contribution < -0.4 is 5.73 Å². The number of carbonyl (C=O) groups is 2. The molecule has 0 radical (unpaired) electrons. The fourth-order valence-electron chi connectivity index (χ4n) is 4.00. The smallest absolute Gasteiger partial charge is 0.303 e. The van der Waals surface area contributed by atoms with E-state index in [-0.39, 0.29) is 12.3 Å². The summed E-state index contributed by atoms with van der Waals surface area (Å²) in [5.41, 5.74) is 6.45. The number of carboxylic acid groups (broad SMARTS) is 1. The first-order valence-corrected chi connectivity index (χ1v) is 9.54. The predicted molar refractivity (Wildman–Crippen MR) is 103 cm³/mol. The molecule has 1 saturated carbocycles. The zero-order valence-electron chi connectivity index (χ0n) is 16.1. The summed E-state index contributed by atoms with van der Waals surface area (Å²) in [6.45, 7) is 1.57. The summed E-state index contributed by atoms with van der Waals surface area (Å²) in [7, 11) is 0. The Balaban J connectivity index is 1.80. The van der Waals surface area contributed by atoms with Gasteiger partial charge in [-0.25, -0.2) is 18.7 Å². The van der Waals surface area contributed by atoms with E-state index in [4.69, 9.17) is 10.8 Å². The lowest BCUT2D eigenvalue weighted by Crippen LogP contribution is -2.19. The van der Waals surface area contributed by atoms with Gasteiger partial charge in [-0.15, -0.1) is 0 Å². The van der Waals surface area contributed by atoms with Gasteiger partial charge in [-0.05, 0) is 50.0 Å². The summed E-state index contributed by atoms with van der Waals surface area (Å²) in [5.74, 6) is -1.18. The molecular weight excluding hydrogens is 380 g/mol. The molecule has 1 aromatic carbocycles. The second-order valence-corrected chi connectivity index (χ2v) is 7.49. The molecule has 1 fully saturated rings. The quantitative estimate of drug-likeness (QED) is 0.750. The lowest BCUT2D eigenvalue weighted by Gasteiger charge is -2.28. The molecule has 1 aliphatic rings. The van der Waals surface area contributed by atoms with Crippen molar-refractivity contribution >= 4 is 11.9 Å². The van der Waals surface area contributed by atoms with E-state index in [0.717, 1.165) is 31.2 Å². The molecular formula is C21H23F2N3O3. The van der Waals surface area contributed by atoms with E-state index in [1.165, 1.54) is 0 Å². The van der Waals surface area contributed by atoms with E-state index in [9.17, 15) is 18.4 Å². The summed E-state index contributed by atoms with van der Waals surface area (Å²) in [6.07, 6.45) is 0.938. The zero-order valence-corrected chi connectivity index (χ0v) is 16.1. The number of nitrogens with zero attached hydrogens (tertiary/aromatic N) is 2. The Hall–Kier alpha value is -2.90. The molecule has 1 aliphatic carbocycles. The maximum atomic E-state index is 13.1. The Labute approximate surface area is 167 Å². The highest BCUT2D eigenvalue weighted by Crippen LogP contribution is 2.37. The average molecular weight is 403 g/mol. The van der Waals surface area contributed by atoms with Gasteiger partial charge in [0, 0.05) is 12.0 Å². The molecule has 0 unspecified atom stereocenters. The summed E-state index contributed by atoms with van der Waals surface area (Å²) in [4.78, 5) is 30.3. The number of benzene rings is 1. The van der Waals surface area contributed by atoms with E-state index in [1.54, 1.807) is 6.92 Å². The third-order valence-electron chi connectivity index (χ3n) is 5.50. The third-order valence-corrected chi connectivity index (χ3v) is 5.50. The van der Waals surface area contributed by atoms with Crippen molar-refractivity contribution in [1.82, 2.24) is 9.97 Å². The minimum Gasteiger partial charge on any atom is -0.481 e. The van der Waals surface area contributed by atoms with Crippen molar-refractivity contribution < 1.29 is 23.5 Å². The van der Waals surface area contributed by atoms with Gasteiger partial charge in [-0.3, -0.25) is 9.59 Å². The molecule has 6 nitrogen and oxygen atoms in total. The van der Waals surface area contributed by atoms with Gasteiger partial charge < -0.3 is 10.8 Å². The van der Waals surface area contributed by atoms with Gasteiger partial charge >= 0.3 is 5.97 Å². The van der Waals surface area contributed by atoms with Gasteiger partial charge in [-0.1, -0.05) is 24.3 Å². The number of primary amides is 1. The van der Waals surface area contributed by atoms with E-state index in [0.29, 0.717) is 22.9 Å². The van der Waals surface area contributed by atoms with Gasteiger partial charge in [0.2, 0.25) is 0 Å². The van der Waals surface area contributed by atoms with Crippen LogP contribution in [0.3, 0.4) is 0 Å². The minimum absolute atomic E-state index is 0.223. The number of aliphatic carboxylic acids is 1. The first kappa shape index (κ1) is 20.8. The van der Waals surface area contributed by atoms with Gasteiger partial charge in [0.05, 0.1) is 11.4 Å². The fourth-order valence-corrected chi connectivity index (χ4v) is 4.00. The molecule has 1 aromatic heterocycles. The van der Waals surface area contributed by atoms with Crippen LogP contribution in [-0.2, 0) is 4.79 Å². The van der Waals surface area contributed by atoms with Gasteiger partial charge in [0.1, 0.15) is 5.69 Å². The largest absolute Gasteiger partial charge is 0.481 e. The Bertz CT molecular complexity index is 908. The topological polar surface area (TPSA) is 106 Å². The van der Waals surface area contributed by atoms with Crippen molar-refractivity contribution in [3.8, 4) is 11.3 Å². The number of alkyl halides is 2. The van der Waals surface area contributed by atoms with Crippen LogP contribution in [0.4, 0.5) is 8.78 Å². The predicted octanol–water partition coefficient (Wildman–Crippen LogP) is 4.24. The first-order chi connectivity index (χ1) is 13.8. The molecule has 8 heteroatoms. The Kier molecular flexibility index (Phi) is 6.20. The molecule has 3 N–H and O–H groups in total. The molecule has 0 atom stereocenters. The maximum Gasteiger partial charge on any atom is 0.303 e. The second-order valence-electron chi connectivity index (χ2n) is 7.49. The number of hydrogen-bond acceptors (Lipinski definition) is 4. The van der Waals surface area contributed by atoms with Crippen LogP contribution in [0.5, 0.6) is 0 Å². The number of amides is 1. The number of hydrogen-bond donors (Lipinski definition) is 2. The number of rotatable bonds is 6. The molecule has 29 heavy (non-hydrogen) atoms. The summed E-state index contributed by atoms with van der Waals surface area (Å²) in [6, 6.07) is 7.60. The fraction of sp³-hybridized carbons (Fsp3) is 0.429. The van der Waals surface area contributed by atoms with Gasteiger partial charge in [0.25, 0.3) is 12.3 Å². The molecule has 154 valence electrons. The van der Waals surface area contributed by atoms with E-state index in [2.05, 4.69) is 9.97 Å². The van der Waals surface area contributed by atoms with Crippen LogP contribution in [-0.4, -0.2) is 27.0 Å². The third kappa shape index (κ3) is 4.75. The van der Waals surface area contributed by atoms with Crippen molar-refractivity contribution in [3.05, 3.63) is 46.9 Å². The molecule has 0 bridgehead atoms. The highest BCUT2D eigenvalue weighted by atomic mass is 19.3. The molecule has 0 saturated heterocycles. The van der Waals surface area contributed by atoms with Crippen molar-refractivity contribution in [1.29, 1.82) is 0 Å². The Morgan fingerprint density at radius 3 is 2.28 bits per heavy atom. The number of aryl methyl sites for hydroxylation is 1. The monoisotopic (exact) mass is 403 g/mol. The number of carbonyl (C=O) groups excluding carboxylic acids is 1. The van der Waals surface area contributed by atoms with Crippen LogP contribution in [0.25, 0.3) is 11.3 Å². The van der Waals surface area contributed by atoms with Crippen molar-refractivity contribution in [2.45, 2.75) is 51.4 Å². The highest BCUT2D eigenvalue weighted by molar-refractivity contribution is 5.92. The van der Waals surface area contributed by atoms with Crippen LogP contribution in [0.2, 0.25) is 0 Å². The number of aromatic nitrogens is 2. The first-order valence-electron chi connectivity index (χ1n) is 9.54. The molecule has 1 heterocycles. The van der Waals surface area contributed by atoms with Crippen LogP contribution in [0, 0.1) is 12.8 Å². The maximum absolute atomic E-state index is 13.1. The lowest BCUT2D eigenvalue weighted by molar-refractivity contribution is -0.138. The SMILES string of the molecule is Cc1nc(C(F)F)c(C(N)=O)nc1-c1ccc(C2CCC(CC(=O)O)CC2)cc1. The Morgan fingerprint density at radius 2 is 1.76 bits per heavy atom. The van der Waals surface area contributed by atoms with E-state index >= 15 is 0 Å². The van der Waals surface area contributed by atoms with E-state index in [1.807, 2.05) is 24.3 Å². The minimum atomic E-state index is -2.93. The van der Waals surface area contributed by atoms with Crippen molar-refractivity contribution in [3.63, 3.8) is 0 Å². The van der Waals surface area contributed by atoms with Gasteiger partial charge in [-0.2, -0.15) is 0 Å². The molecule has 0 aliphatic heterocycles. The summed E-state index contributed by atoms with van der Waals surface area (Å²) >= 11 is 0. The van der Waals surface area contributed by atoms with Crippen molar-refractivity contribution in [2.75, 3.05) is 0 Å². The van der Waals surface area contributed by atoms with Crippen LogP contribution in [0.1, 0.15) is 71.9 Å². The van der Waals surface area contributed by atoms with Gasteiger partial charge in [0.15, 0.2) is 5.69 Å². The van der Waals surface area contributed by atoms with Crippen LogP contribution in [0.15, 0.2) is 24.3 Å². The molecule has 3 rings (SSSR count). The number of halogens is 2. The van der Waals surface area contributed by atoms with Crippen LogP contribution >= 0.6 is 0 Å². The standard InChI is InChI=1S/C21H23F2N3O3/c1-11-17(26-19(21(24)29)18(25-11)20(22)23)15-8-6-14(7-9-15)13-4-2-12(3-5-13)10-16(27)28/h6-9,12-13,20H,2-5,10H2,1H3,(H2,24,29)(H,27,28). The molecule has 1 amide bonds. The van der Waals surface area contributed by atoms with E-state index < -0.39 is 29.7 Å². The normalized spacial score (nSPS) is 19.3. The lowest BCUT2D eigenvalue weighted by atomic mass is 9.77. The zero-order chi connectivity index (χ0) is 21.1. The number of carboxylic acids is 1. The highest BCUT2D eigenvalue weighted by Gasteiger charge is 2.25.